The Morgan fingerprint density at radius 3 is 2.78 bits per heavy atom. The Hall–Kier alpha value is -3.00. The third-order valence-electron chi connectivity index (χ3n) is 4.82. The average Bonchev–Trinajstić information content (AvgIpc) is 3.24. The molecule has 0 aliphatic carbocycles. The SMILES string of the molecule is COCCN1C[C@@H](c2cc(=O)n3[nH]c(-c4ccc(F)cc4)cc3n2)CC1=O. The van der Waals surface area contributed by atoms with Crippen LogP contribution in [0.15, 0.2) is 41.2 Å². The number of hydrogen-bond acceptors (Lipinski definition) is 4. The number of likely N-dealkylation sites (tertiary alicyclic amines) is 1. The highest BCUT2D eigenvalue weighted by Gasteiger charge is 2.31. The second-order valence-electron chi connectivity index (χ2n) is 6.62. The number of nitrogens with one attached hydrogen (secondary N) is 1. The number of carbonyl (C=O) groups is 1. The van der Waals surface area contributed by atoms with Gasteiger partial charge in [-0.05, 0) is 29.8 Å². The molecule has 1 saturated heterocycles. The zero-order chi connectivity index (χ0) is 19.0. The highest BCUT2D eigenvalue weighted by atomic mass is 19.1. The van der Waals surface area contributed by atoms with E-state index in [2.05, 4.69) is 10.1 Å². The maximum Gasteiger partial charge on any atom is 0.272 e. The van der Waals surface area contributed by atoms with Crippen LogP contribution in [0.3, 0.4) is 0 Å². The van der Waals surface area contributed by atoms with Gasteiger partial charge in [-0.15, -0.1) is 0 Å². The van der Waals surface area contributed by atoms with E-state index >= 15 is 0 Å². The van der Waals surface area contributed by atoms with Gasteiger partial charge in [0.1, 0.15) is 5.82 Å². The summed E-state index contributed by atoms with van der Waals surface area (Å²) in [6.45, 7) is 1.54. The van der Waals surface area contributed by atoms with Crippen LogP contribution in [0.25, 0.3) is 16.9 Å². The molecule has 0 radical (unpaired) electrons. The van der Waals surface area contributed by atoms with Crippen LogP contribution in [0.4, 0.5) is 4.39 Å². The lowest BCUT2D eigenvalue weighted by Crippen LogP contribution is -2.28. The normalized spacial score (nSPS) is 17.2. The Labute approximate surface area is 154 Å². The van der Waals surface area contributed by atoms with Crippen molar-refractivity contribution in [2.24, 2.45) is 0 Å². The van der Waals surface area contributed by atoms with Crippen molar-refractivity contribution in [2.75, 3.05) is 26.8 Å². The first-order valence-electron chi connectivity index (χ1n) is 8.70. The first kappa shape index (κ1) is 17.4. The molecule has 0 saturated carbocycles. The number of carbonyl (C=O) groups excluding carboxylic acids is 1. The standard InChI is InChI=1S/C19H19FN4O3/c1-27-7-6-23-11-13(8-18(23)25)15-10-19(26)24-17(21-15)9-16(22-24)12-2-4-14(20)5-3-12/h2-5,9-10,13,22H,6-8,11H2,1H3/t13-/m0/s1. The molecule has 7 nitrogen and oxygen atoms in total. The van der Waals surface area contributed by atoms with Crippen molar-refractivity contribution in [1.82, 2.24) is 19.5 Å². The van der Waals surface area contributed by atoms with Crippen molar-refractivity contribution in [2.45, 2.75) is 12.3 Å². The highest BCUT2D eigenvalue weighted by Crippen LogP contribution is 2.27. The molecular formula is C19H19FN4O3. The Morgan fingerprint density at radius 2 is 2.04 bits per heavy atom. The number of halogens is 1. The number of hydrogen-bond donors (Lipinski definition) is 1. The summed E-state index contributed by atoms with van der Waals surface area (Å²) in [6, 6.07) is 9.21. The van der Waals surface area contributed by atoms with Crippen LogP contribution < -0.4 is 5.56 Å². The highest BCUT2D eigenvalue weighted by molar-refractivity contribution is 5.79. The van der Waals surface area contributed by atoms with Crippen molar-refractivity contribution in [3.63, 3.8) is 0 Å². The average molecular weight is 370 g/mol. The number of ether oxygens (including phenoxy) is 1. The fraction of sp³-hybridized carbons (Fsp3) is 0.316. The number of aromatic amines is 1. The quantitative estimate of drug-likeness (QED) is 0.743. The zero-order valence-corrected chi connectivity index (χ0v) is 14.8. The van der Waals surface area contributed by atoms with Crippen LogP contribution in [0.2, 0.25) is 0 Å². The third-order valence-corrected chi connectivity index (χ3v) is 4.82. The molecule has 0 spiro atoms. The molecule has 1 aromatic carbocycles. The maximum atomic E-state index is 13.1. The van der Waals surface area contributed by atoms with Gasteiger partial charge in [0.05, 0.1) is 18.0 Å². The van der Waals surface area contributed by atoms with Gasteiger partial charge in [-0.3, -0.25) is 14.7 Å². The molecule has 3 heterocycles. The number of nitrogens with zero attached hydrogens (tertiary/aromatic N) is 3. The second-order valence-corrected chi connectivity index (χ2v) is 6.62. The minimum Gasteiger partial charge on any atom is -0.383 e. The third kappa shape index (κ3) is 3.35. The van der Waals surface area contributed by atoms with E-state index in [0.717, 1.165) is 5.56 Å². The van der Waals surface area contributed by atoms with E-state index < -0.39 is 0 Å². The minimum absolute atomic E-state index is 0.0418. The van der Waals surface area contributed by atoms with Crippen LogP contribution >= 0.6 is 0 Å². The molecule has 0 bridgehead atoms. The molecule has 0 unspecified atom stereocenters. The van der Waals surface area contributed by atoms with Crippen LogP contribution in [-0.2, 0) is 9.53 Å². The molecule has 1 atom stereocenters. The van der Waals surface area contributed by atoms with Gasteiger partial charge in [0.2, 0.25) is 5.91 Å². The molecule has 27 heavy (non-hydrogen) atoms. The molecule has 1 fully saturated rings. The summed E-state index contributed by atoms with van der Waals surface area (Å²) in [7, 11) is 1.60. The maximum absolute atomic E-state index is 13.1. The fourth-order valence-electron chi connectivity index (χ4n) is 3.38. The number of fused-ring (bicyclic) bond motifs is 1. The number of H-pyrrole nitrogens is 1. The molecule has 1 aliphatic rings. The van der Waals surface area contributed by atoms with Gasteiger partial charge in [0, 0.05) is 44.7 Å². The molecule has 4 rings (SSSR count). The summed E-state index contributed by atoms with van der Waals surface area (Å²) >= 11 is 0. The van der Waals surface area contributed by atoms with E-state index in [1.54, 1.807) is 30.2 Å². The van der Waals surface area contributed by atoms with Gasteiger partial charge in [-0.25, -0.2) is 13.9 Å². The zero-order valence-electron chi connectivity index (χ0n) is 14.8. The predicted octanol–water partition coefficient (Wildman–Crippen LogP) is 1.79. The summed E-state index contributed by atoms with van der Waals surface area (Å²) < 4.78 is 19.5. The smallest absolute Gasteiger partial charge is 0.272 e. The lowest BCUT2D eigenvalue weighted by Gasteiger charge is -2.15. The summed E-state index contributed by atoms with van der Waals surface area (Å²) in [4.78, 5) is 31.0. The monoisotopic (exact) mass is 370 g/mol. The summed E-state index contributed by atoms with van der Waals surface area (Å²) in [5.41, 5.74) is 2.26. The first-order chi connectivity index (χ1) is 13.0. The number of aromatic nitrogens is 3. The Bertz CT molecular complexity index is 1040. The largest absolute Gasteiger partial charge is 0.383 e. The Kier molecular flexibility index (Phi) is 4.49. The van der Waals surface area contributed by atoms with Crippen molar-refractivity contribution in [1.29, 1.82) is 0 Å². The summed E-state index contributed by atoms with van der Waals surface area (Å²) in [5.74, 6) is -0.396. The van der Waals surface area contributed by atoms with E-state index in [4.69, 9.17) is 4.74 Å². The molecule has 3 aromatic rings. The number of amides is 1. The van der Waals surface area contributed by atoms with Crippen LogP contribution in [0, 0.1) is 5.82 Å². The summed E-state index contributed by atoms with van der Waals surface area (Å²) in [6.07, 6.45) is 0.335. The van der Waals surface area contributed by atoms with Crippen LogP contribution in [0.1, 0.15) is 18.0 Å². The van der Waals surface area contributed by atoms with Gasteiger partial charge in [-0.2, -0.15) is 0 Å². The fourth-order valence-corrected chi connectivity index (χ4v) is 3.38. The lowest BCUT2D eigenvalue weighted by atomic mass is 10.0. The molecule has 2 aromatic heterocycles. The van der Waals surface area contributed by atoms with Crippen LogP contribution in [0.5, 0.6) is 0 Å². The Balaban J connectivity index is 1.65. The molecule has 8 heteroatoms. The topological polar surface area (TPSA) is 79.7 Å². The van der Waals surface area contributed by atoms with Crippen molar-refractivity contribution in [3.8, 4) is 11.3 Å². The molecule has 1 N–H and O–H groups in total. The minimum atomic E-state index is -0.323. The Morgan fingerprint density at radius 1 is 1.26 bits per heavy atom. The van der Waals surface area contributed by atoms with Crippen molar-refractivity contribution < 1.29 is 13.9 Å². The van der Waals surface area contributed by atoms with Crippen molar-refractivity contribution >= 4 is 11.6 Å². The number of methoxy groups -OCH3 is 1. The van der Waals surface area contributed by atoms with E-state index in [-0.39, 0.29) is 23.2 Å². The van der Waals surface area contributed by atoms with Gasteiger partial charge in [-0.1, -0.05) is 0 Å². The molecule has 1 amide bonds. The number of rotatable bonds is 5. The van der Waals surface area contributed by atoms with Gasteiger partial charge in [0.25, 0.3) is 5.56 Å². The lowest BCUT2D eigenvalue weighted by molar-refractivity contribution is -0.128. The van der Waals surface area contributed by atoms with Gasteiger partial charge < -0.3 is 9.64 Å². The van der Waals surface area contributed by atoms with Gasteiger partial charge >= 0.3 is 0 Å². The van der Waals surface area contributed by atoms with Crippen molar-refractivity contribution in [3.05, 3.63) is 58.3 Å². The van der Waals surface area contributed by atoms with E-state index in [1.807, 2.05) is 0 Å². The molecule has 1 aliphatic heterocycles. The van der Waals surface area contributed by atoms with E-state index in [1.165, 1.54) is 22.7 Å². The number of benzene rings is 1. The van der Waals surface area contributed by atoms with Crippen LogP contribution in [-0.4, -0.2) is 52.2 Å². The van der Waals surface area contributed by atoms with Gasteiger partial charge in [0.15, 0.2) is 5.65 Å². The second kappa shape index (κ2) is 6.96. The van der Waals surface area contributed by atoms with E-state index in [9.17, 15) is 14.0 Å². The first-order valence-corrected chi connectivity index (χ1v) is 8.70. The summed E-state index contributed by atoms with van der Waals surface area (Å²) in [5, 5.41) is 2.99. The molecule has 140 valence electrons. The molecular weight excluding hydrogens is 351 g/mol. The predicted molar refractivity (Wildman–Crippen MR) is 97.0 cm³/mol. The van der Waals surface area contributed by atoms with E-state index in [0.29, 0.717) is 43.2 Å².